The fourth-order valence-corrected chi connectivity index (χ4v) is 4.14. The number of benzene rings is 3. The standard InChI is InChI=1S/C24H23FN4OS/c1-16(28(2)3)23-26-27-24(29(23)21-12-10-20(25)11-13-21)31-15-22(30)19-9-8-17-6-4-5-7-18(17)14-19/h4-14,16H,15H2,1-3H3/t16-/m0/s1. The van der Waals surface area contributed by atoms with Gasteiger partial charge in [-0.05, 0) is 62.1 Å². The van der Waals surface area contributed by atoms with Crippen LogP contribution >= 0.6 is 11.8 Å². The quantitative estimate of drug-likeness (QED) is 0.297. The van der Waals surface area contributed by atoms with E-state index in [9.17, 15) is 9.18 Å². The Morgan fingerprint density at radius 1 is 1.03 bits per heavy atom. The Bertz CT molecular complexity index is 1220. The summed E-state index contributed by atoms with van der Waals surface area (Å²) in [5.41, 5.74) is 1.43. The molecule has 1 heterocycles. The Morgan fingerprint density at radius 3 is 2.45 bits per heavy atom. The van der Waals surface area contributed by atoms with Crippen molar-refractivity contribution in [2.75, 3.05) is 19.8 Å². The summed E-state index contributed by atoms with van der Waals surface area (Å²) in [4.78, 5) is 14.9. The first-order chi connectivity index (χ1) is 14.9. The highest BCUT2D eigenvalue weighted by Crippen LogP contribution is 2.28. The molecule has 7 heteroatoms. The number of nitrogens with zero attached hydrogens (tertiary/aromatic N) is 4. The first-order valence-electron chi connectivity index (χ1n) is 9.96. The smallest absolute Gasteiger partial charge is 0.196 e. The van der Waals surface area contributed by atoms with Crippen LogP contribution in [0.3, 0.4) is 0 Å². The van der Waals surface area contributed by atoms with Gasteiger partial charge in [0.2, 0.25) is 0 Å². The van der Waals surface area contributed by atoms with Crippen molar-refractivity contribution in [1.82, 2.24) is 19.7 Å². The summed E-state index contributed by atoms with van der Waals surface area (Å²) >= 11 is 1.33. The molecule has 0 aliphatic rings. The predicted molar refractivity (Wildman–Crippen MR) is 122 cm³/mol. The molecule has 0 radical (unpaired) electrons. The van der Waals surface area contributed by atoms with E-state index in [0.29, 0.717) is 10.7 Å². The Hall–Kier alpha value is -3.03. The van der Waals surface area contributed by atoms with E-state index in [4.69, 9.17) is 0 Å². The molecular formula is C24H23FN4OS. The molecule has 158 valence electrons. The van der Waals surface area contributed by atoms with Crippen LogP contribution in [0.5, 0.6) is 0 Å². The van der Waals surface area contributed by atoms with Gasteiger partial charge in [0.05, 0.1) is 11.8 Å². The number of ketones is 1. The van der Waals surface area contributed by atoms with Gasteiger partial charge < -0.3 is 0 Å². The molecule has 4 aromatic rings. The van der Waals surface area contributed by atoms with Gasteiger partial charge >= 0.3 is 0 Å². The molecular weight excluding hydrogens is 411 g/mol. The lowest BCUT2D eigenvalue weighted by atomic mass is 10.1. The predicted octanol–water partition coefficient (Wildman–Crippen LogP) is 5.16. The number of halogens is 1. The zero-order chi connectivity index (χ0) is 22.0. The molecule has 31 heavy (non-hydrogen) atoms. The SMILES string of the molecule is C[C@@H](c1nnc(SCC(=O)c2ccc3ccccc3c2)n1-c1ccc(F)cc1)N(C)C. The zero-order valence-corrected chi connectivity index (χ0v) is 18.4. The Morgan fingerprint density at radius 2 is 1.74 bits per heavy atom. The van der Waals surface area contributed by atoms with Gasteiger partial charge in [0.1, 0.15) is 5.82 Å². The lowest BCUT2D eigenvalue weighted by molar-refractivity contribution is 0.102. The molecule has 3 aromatic carbocycles. The van der Waals surface area contributed by atoms with Crippen molar-refractivity contribution < 1.29 is 9.18 Å². The Kier molecular flexibility index (Phi) is 6.15. The zero-order valence-electron chi connectivity index (χ0n) is 17.6. The number of carbonyl (C=O) groups is 1. The molecule has 0 bridgehead atoms. The molecule has 0 spiro atoms. The molecule has 4 rings (SSSR count). The van der Waals surface area contributed by atoms with Crippen LogP contribution in [0.1, 0.15) is 29.1 Å². The van der Waals surface area contributed by atoms with Gasteiger partial charge in [0.15, 0.2) is 16.8 Å². The Balaban J connectivity index is 1.61. The number of hydrogen-bond donors (Lipinski definition) is 0. The van der Waals surface area contributed by atoms with E-state index < -0.39 is 0 Å². The normalized spacial score (nSPS) is 12.4. The molecule has 0 unspecified atom stereocenters. The van der Waals surface area contributed by atoms with Crippen LogP contribution in [0.2, 0.25) is 0 Å². The molecule has 0 saturated carbocycles. The minimum atomic E-state index is -0.306. The Labute approximate surface area is 184 Å². The number of aromatic nitrogens is 3. The highest BCUT2D eigenvalue weighted by molar-refractivity contribution is 7.99. The third-order valence-corrected chi connectivity index (χ3v) is 6.22. The third-order valence-electron chi connectivity index (χ3n) is 5.30. The monoisotopic (exact) mass is 434 g/mol. The summed E-state index contributed by atoms with van der Waals surface area (Å²) in [6, 6.07) is 19.9. The molecule has 1 atom stereocenters. The van der Waals surface area contributed by atoms with Crippen molar-refractivity contribution in [3.63, 3.8) is 0 Å². The van der Waals surface area contributed by atoms with Crippen LogP contribution < -0.4 is 0 Å². The number of fused-ring (bicyclic) bond motifs is 1. The van der Waals surface area contributed by atoms with Crippen molar-refractivity contribution in [2.45, 2.75) is 18.1 Å². The van der Waals surface area contributed by atoms with E-state index >= 15 is 0 Å². The van der Waals surface area contributed by atoms with Crippen molar-refractivity contribution in [2.24, 2.45) is 0 Å². The van der Waals surface area contributed by atoms with Gasteiger partial charge in [-0.2, -0.15) is 0 Å². The number of Topliss-reactive ketones (excluding diaryl/α,β-unsaturated/α-hetero) is 1. The van der Waals surface area contributed by atoms with E-state index in [1.54, 1.807) is 12.1 Å². The first-order valence-corrected chi connectivity index (χ1v) is 10.9. The first kappa shape index (κ1) is 21.2. The van der Waals surface area contributed by atoms with E-state index in [0.717, 1.165) is 22.3 Å². The van der Waals surface area contributed by atoms with E-state index in [-0.39, 0.29) is 23.4 Å². The maximum absolute atomic E-state index is 13.5. The topological polar surface area (TPSA) is 51.0 Å². The van der Waals surface area contributed by atoms with Gasteiger partial charge in [0, 0.05) is 11.3 Å². The van der Waals surface area contributed by atoms with E-state index in [1.807, 2.05) is 73.0 Å². The van der Waals surface area contributed by atoms with Gasteiger partial charge in [-0.25, -0.2) is 4.39 Å². The molecule has 0 aliphatic heterocycles. The summed E-state index contributed by atoms with van der Waals surface area (Å²) < 4.78 is 15.4. The summed E-state index contributed by atoms with van der Waals surface area (Å²) in [6.07, 6.45) is 0. The molecule has 0 amide bonds. The molecule has 1 aromatic heterocycles. The second-order valence-electron chi connectivity index (χ2n) is 7.57. The maximum Gasteiger partial charge on any atom is 0.196 e. The molecule has 0 saturated heterocycles. The van der Waals surface area contributed by atoms with Gasteiger partial charge in [-0.3, -0.25) is 14.3 Å². The lowest BCUT2D eigenvalue weighted by Crippen LogP contribution is -2.20. The minimum absolute atomic E-state index is 0.0110. The van der Waals surface area contributed by atoms with Gasteiger partial charge in [0.25, 0.3) is 0 Å². The molecule has 0 N–H and O–H groups in total. The average Bonchev–Trinajstić information content (AvgIpc) is 3.20. The largest absolute Gasteiger partial charge is 0.300 e. The summed E-state index contributed by atoms with van der Waals surface area (Å²) in [5, 5.41) is 11.5. The summed E-state index contributed by atoms with van der Waals surface area (Å²) in [7, 11) is 3.93. The number of carbonyl (C=O) groups excluding carboxylic acids is 1. The highest BCUT2D eigenvalue weighted by Gasteiger charge is 2.22. The second-order valence-corrected chi connectivity index (χ2v) is 8.51. The number of thioether (sulfide) groups is 1. The summed E-state index contributed by atoms with van der Waals surface area (Å²) in [6.45, 7) is 2.03. The average molecular weight is 435 g/mol. The van der Waals surface area contributed by atoms with Gasteiger partial charge in [-0.15, -0.1) is 10.2 Å². The van der Waals surface area contributed by atoms with E-state index in [2.05, 4.69) is 10.2 Å². The van der Waals surface area contributed by atoms with Crippen LogP contribution in [0.4, 0.5) is 4.39 Å². The highest BCUT2D eigenvalue weighted by atomic mass is 32.2. The number of hydrogen-bond acceptors (Lipinski definition) is 5. The van der Waals surface area contributed by atoms with Crippen molar-refractivity contribution in [1.29, 1.82) is 0 Å². The fraction of sp³-hybridized carbons (Fsp3) is 0.208. The van der Waals surface area contributed by atoms with Crippen LogP contribution in [0.25, 0.3) is 16.5 Å². The van der Waals surface area contributed by atoms with Crippen LogP contribution in [0, 0.1) is 5.82 Å². The second kappa shape index (κ2) is 8.99. The van der Waals surface area contributed by atoms with Crippen molar-refractivity contribution >= 4 is 28.3 Å². The molecule has 0 aliphatic carbocycles. The maximum atomic E-state index is 13.5. The van der Waals surface area contributed by atoms with Crippen molar-refractivity contribution in [3.05, 3.63) is 83.9 Å². The van der Waals surface area contributed by atoms with E-state index in [1.165, 1.54) is 23.9 Å². The fourth-order valence-electron chi connectivity index (χ4n) is 3.29. The van der Waals surface area contributed by atoms with Crippen LogP contribution in [-0.4, -0.2) is 45.3 Å². The lowest BCUT2D eigenvalue weighted by Gasteiger charge is -2.20. The molecule has 5 nitrogen and oxygen atoms in total. The molecule has 0 fully saturated rings. The third kappa shape index (κ3) is 4.52. The minimum Gasteiger partial charge on any atom is -0.300 e. The number of rotatable bonds is 7. The van der Waals surface area contributed by atoms with Crippen molar-refractivity contribution in [3.8, 4) is 5.69 Å². The van der Waals surface area contributed by atoms with Crippen LogP contribution in [-0.2, 0) is 0 Å². The summed E-state index contributed by atoms with van der Waals surface area (Å²) in [5.74, 6) is 0.678. The van der Waals surface area contributed by atoms with Gasteiger partial charge in [-0.1, -0.05) is 48.2 Å². The van der Waals surface area contributed by atoms with Crippen LogP contribution in [0.15, 0.2) is 71.9 Å².